The molecule has 0 bridgehead atoms. The van der Waals surface area contributed by atoms with Crippen LogP contribution < -0.4 is 11.1 Å². The summed E-state index contributed by atoms with van der Waals surface area (Å²) in [6.07, 6.45) is 2.98. The monoisotopic (exact) mass is 284 g/mol. The van der Waals surface area contributed by atoms with Gasteiger partial charge in [-0.05, 0) is 43.0 Å². The average Bonchev–Trinajstić information content (AvgIpc) is 2.88. The first-order valence-electron chi connectivity index (χ1n) is 6.53. The molecule has 1 fully saturated rings. The Morgan fingerprint density at radius 3 is 2.95 bits per heavy atom. The van der Waals surface area contributed by atoms with E-state index < -0.39 is 5.82 Å². The van der Waals surface area contributed by atoms with E-state index in [0.29, 0.717) is 13.1 Å². The molecule has 5 heteroatoms. The highest BCUT2D eigenvalue weighted by atomic mass is 35.5. The summed E-state index contributed by atoms with van der Waals surface area (Å²) in [5.41, 5.74) is 6.46. The van der Waals surface area contributed by atoms with E-state index in [4.69, 9.17) is 17.3 Å². The average molecular weight is 285 g/mol. The second-order valence-corrected chi connectivity index (χ2v) is 5.41. The molecule has 0 radical (unpaired) electrons. The minimum atomic E-state index is -0.448. The van der Waals surface area contributed by atoms with Gasteiger partial charge in [0.15, 0.2) is 0 Å². The van der Waals surface area contributed by atoms with Gasteiger partial charge < -0.3 is 11.1 Å². The number of carbonyl (C=O) groups is 1. The van der Waals surface area contributed by atoms with Crippen LogP contribution in [0.25, 0.3) is 0 Å². The van der Waals surface area contributed by atoms with Crippen LogP contribution in [0.3, 0.4) is 0 Å². The molecule has 1 aliphatic rings. The van der Waals surface area contributed by atoms with Gasteiger partial charge in [0.25, 0.3) is 0 Å². The van der Waals surface area contributed by atoms with E-state index in [1.54, 1.807) is 6.07 Å². The van der Waals surface area contributed by atoms with Gasteiger partial charge in [0.2, 0.25) is 5.91 Å². The molecule has 1 aliphatic carbocycles. The van der Waals surface area contributed by atoms with Crippen molar-refractivity contribution in [3.63, 3.8) is 0 Å². The fourth-order valence-corrected chi connectivity index (χ4v) is 2.84. The van der Waals surface area contributed by atoms with E-state index in [0.717, 1.165) is 24.8 Å². The van der Waals surface area contributed by atoms with Crippen molar-refractivity contribution in [3.8, 4) is 0 Å². The topological polar surface area (TPSA) is 55.1 Å². The van der Waals surface area contributed by atoms with Crippen LogP contribution >= 0.6 is 11.6 Å². The van der Waals surface area contributed by atoms with Crippen molar-refractivity contribution in [1.29, 1.82) is 0 Å². The molecule has 3 nitrogen and oxygen atoms in total. The lowest BCUT2D eigenvalue weighted by Gasteiger charge is -2.17. The second-order valence-electron chi connectivity index (χ2n) is 5.00. The van der Waals surface area contributed by atoms with Gasteiger partial charge >= 0.3 is 0 Å². The smallest absolute Gasteiger partial charge is 0.223 e. The number of hydrogen-bond acceptors (Lipinski definition) is 2. The Hall–Kier alpha value is -1.13. The van der Waals surface area contributed by atoms with Crippen molar-refractivity contribution in [2.24, 2.45) is 17.6 Å². The zero-order chi connectivity index (χ0) is 13.8. The molecule has 0 saturated heterocycles. The molecule has 1 saturated carbocycles. The van der Waals surface area contributed by atoms with Crippen LogP contribution in [0.1, 0.15) is 24.8 Å². The molecule has 3 N–H and O–H groups in total. The zero-order valence-electron chi connectivity index (χ0n) is 10.7. The predicted octanol–water partition coefficient (Wildman–Crippen LogP) is 2.47. The largest absolute Gasteiger partial charge is 0.352 e. The summed E-state index contributed by atoms with van der Waals surface area (Å²) >= 11 is 5.70. The summed E-state index contributed by atoms with van der Waals surface area (Å²) in [7, 11) is 0. The third-order valence-electron chi connectivity index (χ3n) is 3.75. The lowest BCUT2D eigenvalue weighted by atomic mass is 9.95. The van der Waals surface area contributed by atoms with Crippen LogP contribution in [0.5, 0.6) is 0 Å². The molecule has 0 unspecified atom stereocenters. The van der Waals surface area contributed by atoms with Gasteiger partial charge in [0.1, 0.15) is 5.82 Å². The first-order chi connectivity index (χ1) is 9.11. The Balaban J connectivity index is 1.91. The lowest BCUT2D eigenvalue weighted by molar-refractivity contribution is -0.126. The highest BCUT2D eigenvalue weighted by Gasteiger charge is 2.31. The second kappa shape index (κ2) is 6.35. The number of rotatable bonds is 4. The molecule has 1 aromatic carbocycles. The number of amides is 1. The molecule has 1 aromatic rings. The maximum atomic E-state index is 13.0. The number of halogens is 2. The molecule has 0 aliphatic heterocycles. The summed E-state index contributed by atoms with van der Waals surface area (Å²) < 4.78 is 13.0. The van der Waals surface area contributed by atoms with Gasteiger partial charge in [-0.25, -0.2) is 4.39 Å². The zero-order valence-corrected chi connectivity index (χ0v) is 11.4. The molecule has 2 atom stereocenters. The van der Waals surface area contributed by atoms with E-state index in [-0.39, 0.29) is 22.8 Å². The van der Waals surface area contributed by atoms with Gasteiger partial charge in [-0.3, -0.25) is 4.79 Å². The van der Waals surface area contributed by atoms with Crippen LogP contribution in [0.2, 0.25) is 5.02 Å². The van der Waals surface area contributed by atoms with Crippen molar-refractivity contribution < 1.29 is 9.18 Å². The standard InChI is InChI=1S/C14H18ClFN2O/c15-12-6-9(4-5-13(12)16)8-18-14(19)11-3-1-2-10(11)7-17/h4-6,10-11H,1-3,7-8,17H2,(H,18,19)/t10-,11-/m1/s1. The lowest BCUT2D eigenvalue weighted by Crippen LogP contribution is -2.34. The van der Waals surface area contributed by atoms with Gasteiger partial charge in [-0.15, -0.1) is 0 Å². The van der Waals surface area contributed by atoms with Crippen molar-refractivity contribution in [3.05, 3.63) is 34.6 Å². The van der Waals surface area contributed by atoms with Gasteiger partial charge in [0.05, 0.1) is 5.02 Å². The first kappa shape index (κ1) is 14.3. The number of carbonyl (C=O) groups excluding carboxylic acids is 1. The molecule has 19 heavy (non-hydrogen) atoms. The molecule has 2 rings (SSSR count). The number of hydrogen-bond donors (Lipinski definition) is 2. The summed E-state index contributed by atoms with van der Waals surface area (Å²) in [4.78, 5) is 12.1. The molecule has 104 valence electrons. The predicted molar refractivity (Wildman–Crippen MR) is 73.1 cm³/mol. The normalized spacial score (nSPS) is 22.5. The van der Waals surface area contributed by atoms with E-state index in [1.165, 1.54) is 12.1 Å². The Bertz CT molecular complexity index is 467. The van der Waals surface area contributed by atoms with Crippen molar-refractivity contribution in [1.82, 2.24) is 5.32 Å². The Labute approximate surface area is 117 Å². The third kappa shape index (κ3) is 3.45. The van der Waals surface area contributed by atoms with Crippen molar-refractivity contribution in [2.45, 2.75) is 25.8 Å². The number of nitrogens with two attached hydrogens (primary N) is 1. The summed E-state index contributed by atoms with van der Waals surface area (Å²) in [6.45, 7) is 0.924. The maximum Gasteiger partial charge on any atom is 0.223 e. The highest BCUT2D eigenvalue weighted by molar-refractivity contribution is 6.30. The van der Waals surface area contributed by atoms with Crippen LogP contribution in [0, 0.1) is 17.7 Å². The van der Waals surface area contributed by atoms with Crippen LogP contribution in [-0.4, -0.2) is 12.5 Å². The third-order valence-corrected chi connectivity index (χ3v) is 4.04. The van der Waals surface area contributed by atoms with E-state index in [2.05, 4.69) is 5.32 Å². The van der Waals surface area contributed by atoms with Gasteiger partial charge in [-0.2, -0.15) is 0 Å². The fourth-order valence-electron chi connectivity index (χ4n) is 2.63. The van der Waals surface area contributed by atoms with Gasteiger partial charge in [-0.1, -0.05) is 24.1 Å². The molecule has 1 amide bonds. The Morgan fingerprint density at radius 1 is 1.47 bits per heavy atom. The van der Waals surface area contributed by atoms with Crippen LogP contribution in [0.4, 0.5) is 4.39 Å². The van der Waals surface area contributed by atoms with E-state index >= 15 is 0 Å². The molecule has 0 aromatic heterocycles. The Morgan fingerprint density at radius 2 is 2.26 bits per heavy atom. The fraction of sp³-hybridized carbons (Fsp3) is 0.500. The number of benzene rings is 1. The van der Waals surface area contributed by atoms with Crippen LogP contribution in [0.15, 0.2) is 18.2 Å². The van der Waals surface area contributed by atoms with Crippen LogP contribution in [-0.2, 0) is 11.3 Å². The molecular formula is C14H18ClFN2O. The maximum absolute atomic E-state index is 13.0. The quantitative estimate of drug-likeness (QED) is 0.892. The van der Waals surface area contributed by atoms with E-state index in [9.17, 15) is 9.18 Å². The SMILES string of the molecule is NC[C@H]1CCC[C@H]1C(=O)NCc1ccc(F)c(Cl)c1. The summed E-state index contributed by atoms with van der Waals surface area (Å²) in [6, 6.07) is 4.46. The van der Waals surface area contributed by atoms with Gasteiger partial charge in [0, 0.05) is 12.5 Å². The Kier molecular flexibility index (Phi) is 4.77. The summed E-state index contributed by atoms with van der Waals surface area (Å²) in [5, 5.41) is 2.95. The van der Waals surface area contributed by atoms with Crippen molar-refractivity contribution >= 4 is 17.5 Å². The summed E-state index contributed by atoms with van der Waals surface area (Å²) in [5.74, 6) is -0.109. The minimum Gasteiger partial charge on any atom is -0.352 e. The van der Waals surface area contributed by atoms with Crippen molar-refractivity contribution in [2.75, 3.05) is 6.54 Å². The minimum absolute atomic E-state index is 0.0147. The molecular weight excluding hydrogens is 267 g/mol. The molecule has 0 spiro atoms. The first-order valence-corrected chi connectivity index (χ1v) is 6.91. The number of nitrogens with one attached hydrogen (secondary N) is 1. The molecule has 0 heterocycles. The highest BCUT2D eigenvalue weighted by Crippen LogP contribution is 2.31. The van der Waals surface area contributed by atoms with E-state index in [1.807, 2.05) is 0 Å².